The monoisotopic (exact) mass is 360 g/mol. The lowest BCUT2D eigenvalue weighted by molar-refractivity contribution is -0.120. The van der Waals surface area contributed by atoms with Gasteiger partial charge < -0.3 is 15.4 Å². The highest BCUT2D eigenvalue weighted by Gasteiger charge is 2.15. The lowest BCUT2D eigenvalue weighted by Gasteiger charge is -2.22. The van der Waals surface area contributed by atoms with Crippen LogP contribution in [0, 0.1) is 5.92 Å². The number of ether oxygens (including phenoxy) is 1. The first-order valence-corrected chi connectivity index (χ1v) is 8.87. The smallest absolute Gasteiger partial charge is 0.234 e. The number of benzene rings is 2. The zero-order valence-corrected chi connectivity index (χ0v) is 15.4. The van der Waals surface area contributed by atoms with Gasteiger partial charge in [-0.2, -0.15) is 0 Å². The molecule has 134 valence electrons. The predicted molar refractivity (Wildman–Crippen MR) is 102 cm³/mol. The third kappa shape index (κ3) is 6.77. The van der Waals surface area contributed by atoms with Crippen molar-refractivity contribution < 1.29 is 9.53 Å². The zero-order valence-electron chi connectivity index (χ0n) is 14.7. The van der Waals surface area contributed by atoms with Crippen molar-refractivity contribution >= 4 is 17.5 Å². The van der Waals surface area contributed by atoms with Crippen molar-refractivity contribution in [1.82, 2.24) is 10.6 Å². The molecule has 0 aromatic heterocycles. The van der Waals surface area contributed by atoms with Crippen molar-refractivity contribution in [2.24, 2.45) is 5.92 Å². The fraction of sp³-hybridized carbons (Fsp3) is 0.350. The van der Waals surface area contributed by atoms with Crippen LogP contribution in [0.15, 0.2) is 54.6 Å². The van der Waals surface area contributed by atoms with Gasteiger partial charge in [-0.05, 0) is 35.7 Å². The molecule has 0 aliphatic heterocycles. The fourth-order valence-corrected chi connectivity index (χ4v) is 2.68. The highest BCUT2D eigenvalue weighted by atomic mass is 35.5. The van der Waals surface area contributed by atoms with E-state index in [-0.39, 0.29) is 18.5 Å². The lowest BCUT2D eigenvalue weighted by atomic mass is 9.96. The Morgan fingerprint density at radius 1 is 1.08 bits per heavy atom. The minimum Gasteiger partial charge on any atom is -0.492 e. The predicted octanol–water partition coefficient (Wildman–Crippen LogP) is 3.82. The topological polar surface area (TPSA) is 50.4 Å². The van der Waals surface area contributed by atoms with Crippen LogP contribution in [0.3, 0.4) is 0 Å². The highest BCUT2D eigenvalue weighted by Crippen LogP contribution is 2.20. The minimum absolute atomic E-state index is 0.0405. The highest BCUT2D eigenvalue weighted by molar-refractivity contribution is 6.30. The van der Waals surface area contributed by atoms with Crippen LogP contribution in [0.25, 0.3) is 0 Å². The molecular formula is C20H25ClN2O2. The van der Waals surface area contributed by atoms with Gasteiger partial charge >= 0.3 is 0 Å². The van der Waals surface area contributed by atoms with E-state index >= 15 is 0 Å². The Morgan fingerprint density at radius 3 is 2.40 bits per heavy atom. The SMILES string of the molecule is CC(C)[C@H](NCC(=O)NCCOc1ccc(Cl)cc1)c1ccccc1. The van der Waals surface area contributed by atoms with Gasteiger partial charge in [0, 0.05) is 11.1 Å². The van der Waals surface area contributed by atoms with Gasteiger partial charge in [-0.3, -0.25) is 4.79 Å². The number of hydrogen-bond acceptors (Lipinski definition) is 3. The Labute approximate surface area is 154 Å². The van der Waals surface area contributed by atoms with E-state index in [2.05, 4.69) is 36.6 Å². The third-order valence-corrected chi connectivity index (χ3v) is 4.07. The van der Waals surface area contributed by atoms with Gasteiger partial charge in [-0.25, -0.2) is 0 Å². The molecule has 2 N–H and O–H groups in total. The molecule has 2 aromatic rings. The van der Waals surface area contributed by atoms with Crippen molar-refractivity contribution in [3.63, 3.8) is 0 Å². The van der Waals surface area contributed by atoms with Crippen LogP contribution in [-0.2, 0) is 4.79 Å². The molecule has 0 bridgehead atoms. The molecule has 5 heteroatoms. The Morgan fingerprint density at radius 2 is 1.76 bits per heavy atom. The molecule has 0 radical (unpaired) electrons. The van der Waals surface area contributed by atoms with Gasteiger partial charge in [-0.1, -0.05) is 55.8 Å². The molecule has 0 heterocycles. The van der Waals surface area contributed by atoms with E-state index in [4.69, 9.17) is 16.3 Å². The Bertz CT molecular complexity index is 645. The van der Waals surface area contributed by atoms with E-state index in [1.165, 1.54) is 5.56 Å². The molecule has 2 rings (SSSR count). The quantitative estimate of drug-likeness (QED) is 0.668. The molecule has 2 aromatic carbocycles. The average Bonchev–Trinajstić information content (AvgIpc) is 2.61. The molecule has 0 saturated carbocycles. The van der Waals surface area contributed by atoms with Gasteiger partial charge in [0.2, 0.25) is 5.91 Å². The second-order valence-electron chi connectivity index (χ2n) is 6.17. The molecule has 0 unspecified atom stereocenters. The summed E-state index contributed by atoms with van der Waals surface area (Å²) >= 11 is 5.82. The van der Waals surface area contributed by atoms with Crippen molar-refractivity contribution in [3.8, 4) is 5.75 Å². The first-order valence-electron chi connectivity index (χ1n) is 8.49. The summed E-state index contributed by atoms with van der Waals surface area (Å²) in [5.74, 6) is 1.09. The second kappa shape index (κ2) is 10.1. The van der Waals surface area contributed by atoms with E-state index < -0.39 is 0 Å². The van der Waals surface area contributed by atoms with Crippen molar-refractivity contribution in [3.05, 3.63) is 65.2 Å². The summed E-state index contributed by atoms with van der Waals surface area (Å²) in [6, 6.07) is 17.5. The molecular weight excluding hydrogens is 336 g/mol. The molecule has 4 nitrogen and oxygen atoms in total. The number of carbonyl (C=O) groups is 1. The third-order valence-electron chi connectivity index (χ3n) is 3.81. The van der Waals surface area contributed by atoms with Crippen molar-refractivity contribution in [1.29, 1.82) is 0 Å². The molecule has 0 saturated heterocycles. The summed E-state index contributed by atoms with van der Waals surface area (Å²) in [6.07, 6.45) is 0. The van der Waals surface area contributed by atoms with E-state index in [9.17, 15) is 4.79 Å². The van der Waals surface area contributed by atoms with E-state index in [0.29, 0.717) is 24.1 Å². The molecule has 0 spiro atoms. The number of rotatable bonds is 9. The number of amides is 1. The van der Waals surface area contributed by atoms with Crippen LogP contribution in [0.4, 0.5) is 0 Å². The molecule has 0 fully saturated rings. The zero-order chi connectivity index (χ0) is 18.1. The van der Waals surface area contributed by atoms with Crippen molar-refractivity contribution in [2.45, 2.75) is 19.9 Å². The summed E-state index contributed by atoms with van der Waals surface area (Å²) < 4.78 is 5.55. The lowest BCUT2D eigenvalue weighted by Crippen LogP contribution is -2.38. The number of carbonyl (C=O) groups excluding carboxylic acids is 1. The Kier molecular flexibility index (Phi) is 7.76. The first-order chi connectivity index (χ1) is 12.1. The summed E-state index contributed by atoms with van der Waals surface area (Å²) in [5.41, 5.74) is 1.19. The molecule has 25 heavy (non-hydrogen) atoms. The van der Waals surface area contributed by atoms with Crippen LogP contribution in [-0.4, -0.2) is 25.6 Å². The van der Waals surface area contributed by atoms with Crippen LogP contribution in [0.1, 0.15) is 25.5 Å². The normalized spacial score (nSPS) is 12.0. The van der Waals surface area contributed by atoms with Gasteiger partial charge in [0.05, 0.1) is 13.1 Å². The standard InChI is InChI=1S/C20H25ClN2O2/c1-15(2)20(16-6-4-3-5-7-16)23-14-19(24)22-12-13-25-18-10-8-17(21)9-11-18/h3-11,15,20,23H,12-14H2,1-2H3,(H,22,24)/t20-/m0/s1. The van der Waals surface area contributed by atoms with Gasteiger partial charge in [-0.15, -0.1) is 0 Å². The minimum atomic E-state index is -0.0405. The fourth-order valence-electron chi connectivity index (χ4n) is 2.55. The molecule has 0 aliphatic rings. The Balaban J connectivity index is 1.69. The maximum atomic E-state index is 12.0. The number of hydrogen-bond donors (Lipinski definition) is 2. The van der Waals surface area contributed by atoms with Crippen LogP contribution in [0.2, 0.25) is 5.02 Å². The number of nitrogens with one attached hydrogen (secondary N) is 2. The van der Waals surface area contributed by atoms with E-state index in [1.807, 2.05) is 18.2 Å². The molecule has 0 aliphatic carbocycles. The number of halogens is 1. The summed E-state index contributed by atoms with van der Waals surface area (Å²) in [6.45, 7) is 5.43. The summed E-state index contributed by atoms with van der Waals surface area (Å²) in [5, 5.41) is 6.86. The van der Waals surface area contributed by atoms with Crippen LogP contribution < -0.4 is 15.4 Å². The maximum Gasteiger partial charge on any atom is 0.234 e. The van der Waals surface area contributed by atoms with Gasteiger partial charge in [0.15, 0.2) is 0 Å². The second-order valence-corrected chi connectivity index (χ2v) is 6.60. The first kappa shape index (κ1) is 19.3. The maximum absolute atomic E-state index is 12.0. The van der Waals surface area contributed by atoms with Crippen LogP contribution >= 0.6 is 11.6 Å². The largest absolute Gasteiger partial charge is 0.492 e. The van der Waals surface area contributed by atoms with Gasteiger partial charge in [0.1, 0.15) is 12.4 Å². The van der Waals surface area contributed by atoms with E-state index in [1.54, 1.807) is 24.3 Å². The summed E-state index contributed by atoms with van der Waals surface area (Å²) in [7, 11) is 0. The van der Waals surface area contributed by atoms with Crippen LogP contribution in [0.5, 0.6) is 5.75 Å². The van der Waals surface area contributed by atoms with Crippen molar-refractivity contribution in [2.75, 3.05) is 19.7 Å². The summed E-state index contributed by atoms with van der Waals surface area (Å²) in [4.78, 5) is 12.0. The molecule has 1 amide bonds. The average molecular weight is 361 g/mol. The van der Waals surface area contributed by atoms with Gasteiger partial charge in [0.25, 0.3) is 0 Å². The van der Waals surface area contributed by atoms with E-state index in [0.717, 1.165) is 5.75 Å². The Hall–Kier alpha value is -2.04. The molecule has 1 atom stereocenters.